The summed E-state index contributed by atoms with van der Waals surface area (Å²) in [6, 6.07) is 4.37. The zero-order chi connectivity index (χ0) is 16.2. The first kappa shape index (κ1) is 17.3. The number of halogens is 1. The Hall–Kier alpha value is -1.79. The average Bonchev–Trinajstić information content (AvgIpc) is 2.32. The predicted octanol–water partition coefficient (Wildman–Crippen LogP) is 1.02. The molecule has 0 spiro atoms. The molecule has 0 heterocycles. The number of hydrogen-bond acceptors (Lipinski definition) is 5. The smallest absolute Gasteiger partial charge is 0.408 e. The highest BCUT2D eigenvalue weighted by Gasteiger charge is 2.26. The number of amides is 1. The highest BCUT2D eigenvalue weighted by atomic mass is 35.5. The number of nitrogens with one attached hydrogen (secondary N) is 1. The van der Waals surface area contributed by atoms with Crippen LogP contribution in [0.1, 0.15) is 32.4 Å². The van der Waals surface area contributed by atoms with E-state index in [2.05, 4.69) is 5.32 Å². The second-order valence-electron chi connectivity index (χ2n) is 5.44. The summed E-state index contributed by atoms with van der Waals surface area (Å²) in [6.07, 6.45) is -2.47. The number of aliphatic hydroxyl groups is 1. The van der Waals surface area contributed by atoms with Crippen LogP contribution in [0, 0.1) is 0 Å². The van der Waals surface area contributed by atoms with E-state index in [1.807, 2.05) is 0 Å². The number of alkyl carbamates (subject to hydrolysis) is 1. The number of benzene rings is 1. The molecule has 21 heavy (non-hydrogen) atoms. The molecule has 0 aliphatic carbocycles. The molecule has 116 valence electrons. The zero-order valence-corrected chi connectivity index (χ0v) is 12.7. The lowest BCUT2D eigenvalue weighted by Crippen LogP contribution is -2.52. The van der Waals surface area contributed by atoms with Gasteiger partial charge < -0.3 is 25.1 Å². The van der Waals surface area contributed by atoms with E-state index in [0.717, 1.165) is 0 Å². The third kappa shape index (κ3) is 5.61. The van der Waals surface area contributed by atoms with Crippen LogP contribution >= 0.6 is 11.6 Å². The van der Waals surface area contributed by atoms with Crippen molar-refractivity contribution in [1.82, 2.24) is 5.32 Å². The van der Waals surface area contributed by atoms with Crippen LogP contribution in [0.3, 0.4) is 0 Å². The number of aliphatic hydroxyl groups excluding tert-OH is 1. The van der Waals surface area contributed by atoms with Crippen LogP contribution in [-0.4, -0.2) is 28.8 Å². The molecule has 2 N–H and O–H groups in total. The van der Waals surface area contributed by atoms with Gasteiger partial charge in [0.25, 0.3) is 0 Å². The van der Waals surface area contributed by atoms with Gasteiger partial charge in [0.05, 0.1) is 5.97 Å². The Labute approximate surface area is 127 Å². The first-order valence-corrected chi connectivity index (χ1v) is 6.62. The Bertz CT molecular complexity index is 526. The number of carbonyl (C=O) groups is 2. The normalized spacial score (nSPS) is 14.1. The molecular weight excluding hydrogens is 298 g/mol. The number of carboxylic acids is 1. The van der Waals surface area contributed by atoms with Crippen LogP contribution < -0.4 is 10.4 Å². The van der Waals surface area contributed by atoms with Gasteiger partial charge in [-0.05, 0) is 38.5 Å². The Balaban J connectivity index is 2.87. The highest BCUT2D eigenvalue weighted by molar-refractivity contribution is 6.30. The van der Waals surface area contributed by atoms with Crippen molar-refractivity contribution in [3.05, 3.63) is 34.9 Å². The lowest BCUT2D eigenvalue weighted by atomic mass is 10.0. The fraction of sp³-hybridized carbons (Fsp3) is 0.429. The molecule has 0 saturated carbocycles. The summed E-state index contributed by atoms with van der Waals surface area (Å²) in [6.45, 7) is 4.90. The summed E-state index contributed by atoms with van der Waals surface area (Å²) in [5, 5.41) is 23.6. The summed E-state index contributed by atoms with van der Waals surface area (Å²) >= 11 is 5.78. The van der Waals surface area contributed by atoms with Crippen molar-refractivity contribution >= 4 is 23.7 Å². The van der Waals surface area contributed by atoms with Gasteiger partial charge in [-0.1, -0.05) is 23.7 Å². The van der Waals surface area contributed by atoms with Gasteiger partial charge in [0, 0.05) is 5.02 Å². The number of aliphatic carboxylic acids is 1. The van der Waals surface area contributed by atoms with E-state index in [1.54, 1.807) is 32.9 Å². The lowest BCUT2D eigenvalue weighted by molar-refractivity contribution is -0.310. The fourth-order valence-electron chi connectivity index (χ4n) is 1.58. The van der Waals surface area contributed by atoms with Gasteiger partial charge in [0.15, 0.2) is 0 Å². The largest absolute Gasteiger partial charge is 0.548 e. The second-order valence-corrected chi connectivity index (χ2v) is 5.88. The van der Waals surface area contributed by atoms with Gasteiger partial charge >= 0.3 is 6.09 Å². The molecule has 6 nitrogen and oxygen atoms in total. The summed E-state index contributed by atoms with van der Waals surface area (Å²) in [4.78, 5) is 22.7. The number of hydrogen-bond donors (Lipinski definition) is 2. The predicted molar refractivity (Wildman–Crippen MR) is 74.6 cm³/mol. The first-order chi connectivity index (χ1) is 9.60. The van der Waals surface area contributed by atoms with E-state index < -0.39 is 29.8 Å². The average molecular weight is 315 g/mol. The third-order valence-electron chi connectivity index (χ3n) is 2.43. The van der Waals surface area contributed by atoms with Gasteiger partial charge in [-0.3, -0.25) is 0 Å². The monoisotopic (exact) mass is 314 g/mol. The Kier molecular flexibility index (Phi) is 5.57. The van der Waals surface area contributed by atoms with Crippen LogP contribution in [0.15, 0.2) is 24.3 Å². The van der Waals surface area contributed by atoms with E-state index >= 15 is 0 Å². The minimum atomic E-state index is -1.65. The standard InChI is InChI=1S/C14H18ClNO5/c1-14(2,3)21-13(20)16-10(12(18)19)11(17)8-5-4-6-9(15)7-8/h4-7,10-11,17H,1-3H3,(H,16,20)(H,18,19)/p-1/t10-,11-/m0/s1. The molecular formula is C14H17ClNO5-. The Morgan fingerprint density at radius 1 is 1.38 bits per heavy atom. The number of carbonyl (C=O) groups excluding carboxylic acids is 2. The molecule has 0 saturated heterocycles. The van der Waals surface area contributed by atoms with Crippen molar-refractivity contribution < 1.29 is 24.5 Å². The number of rotatable bonds is 4. The Morgan fingerprint density at radius 2 is 2.00 bits per heavy atom. The second kappa shape index (κ2) is 6.78. The number of carboxylic acid groups (broad SMARTS) is 1. The van der Waals surface area contributed by atoms with Crippen LogP contribution in [0.2, 0.25) is 5.02 Å². The maximum atomic E-state index is 11.6. The molecule has 0 fully saturated rings. The van der Waals surface area contributed by atoms with E-state index in [1.165, 1.54) is 12.1 Å². The molecule has 0 bridgehead atoms. The van der Waals surface area contributed by atoms with Crippen LogP contribution in [-0.2, 0) is 9.53 Å². The molecule has 1 aromatic rings. The van der Waals surface area contributed by atoms with Gasteiger partial charge in [-0.15, -0.1) is 0 Å². The van der Waals surface area contributed by atoms with Gasteiger partial charge in [0.2, 0.25) is 0 Å². The van der Waals surface area contributed by atoms with Crippen molar-refractivity contribution in [3.63, 3.8) is 0 Å². The highest BCUT2D eigenvalue weighted by Crippen LogP contribution is 2.21. The zero-order valence-electron chi connectivity index (χ0n) is 11.9. The number of ether oxygens (including phenoxy) is 1. The van der Waals surface area contributed by atoms with Crippen LogP contribution in [0.5, 0.6) is 0 Å². The van der Waals surface area contributed by atoms with Crippen molar-refractivity contribution in [2.45, 2.75) is 38.5 Å². The quantitative estimate of drug-likeness (QED) is 0.864. The van der Waals surface area contributed by atoms with Crippen molar-refractivity contribution in [2.75, 3.05) is 0 Å². The summed E-state index contributed by atoms with van der Waals surface area (Å²) in [7, 11) is 0. The maximum Gasteiger partial charge on any atom is 0.408 e. The topological polar surface area (TPSA) is 98.7 Å². The minimum Gasteiger partial charge on any atom is -0.548 e. The molecule has 1 rings (SSSR count). The molecule has 0 aliphatic heterocycles. The summed E-state index contributed by atoms with van der Waals surface area (Å²) < 4.78 is 4.95. The molecule has 0 unspecified atom stereocenters. The van der Waals surface area contributed by atoms with Gasteiger partial charge in [0.1, 0.15) is 17.7 Å². The molecule has 0 aliphatic rings. The van der Waals surface area contributed by atoms with E-state index in [-0.39, 0.29) is 5.56 Å². The van der Waals surface area contributed by atoms with Crippen LogP contribution in [0.4, 0.5) is 4.79 Å². The van der Waals surface area contributed by atoms with Crippen LogP contribution in [0.25, 0.3) is 0 Å². The fourth-order valence-corrected chi connectivity index (χ4v) is 1.78. The van der Waals surface area contributed by atoms with E-state index in [4.69, 9.17) is 16.3 Å². The maximum absolute atomic E-state index is 11.6. The van der Waals surface area contributed by atoms with Gasteiger partial charge in [-0.25, -0.2) is 4.79 Å². The molecule has 0 radical (unpaired) electrons. The lowest BCUT2D eigenvalue weighted by Gasteiger charge is -2.27. The van der Waals surface area contributed by atoms with Crippen molar-refractivity contribution in [1.29, 1.82) is 0 Å². The minimum absolute atomic E-state index is 0.243. The Morgan fingerprint density at radius 3 is 2.48 bits per heavy atom. The van der Waals surface area contributed by atoms with E-state index in [0.29, 0.717) is 5.02 Å². The van der Waals surface area contributed by atoms with Crippen molar-refractivity contribution in [2.24, 2.45) is 0 Å². The SMILES string of the molecule is CC(C)(C)OC(=O)N[C@H](C(=O)[O-])[C@@H](O)c1cccc(Cl)c1. The first-order valence-electron chi connectivity index (χ1n) is 6.24. The molecule has 1 aromatic carbocycles. The van der Waals surface area contributed by atoms with E-state index in [9.17, 15) is 19.8 Å². The molecule has 0 aromatic heterocycles. The molecule has 2 atom stereocenters. The third-order valence-corrected chi connectivity index (χ3v) is 2.67. The molecule has 1 amide bonds. The van der Waals surface area contributed by atoms with Crippen molar-refractivity contribution in [3.8, 4) is 0 Å². The summed E-state index contributed by atoms with van der Waals surface area (Å²) in [5.41, 5.74) is -0.547. The molecule has 7 heteroatoms. The van der Waals surface area contributed by atoms with Gasteiger partial charge in [-0.2, -0.15) is 0 Å². The summed E-state index contributed by atoms with van der Waals surface area (Å²) in [5.74, 6) is -1.63.